The number of likely N-dealkylation sites (tertiary alicyclic amines) is 2. The van der Waals surface area contributed by atoms with Gasteiger partial charge in [0.1, 0.15) is 0 Å². The van der Waals surface area contributed by atoms with Crippen LogP contribution in [-0.4, -0.2) is 48.4 Å². The molecule has 2 fully saturated rings. The fraction of sp³-hybridized carbons (Fsp3) is 0.909. The van der Waals surface area contributed by atoms with Crippen molar-refractivity contribution in [1.29, 1.82) is 0 Å². The predicted octanol–water partition coefficient (Wildman–Crippen LogP) is 1.09. The Balaban J connectivity index is 1.66. The van der Waals surface area contributed by atoms with Crippen LogP contribution in [0.1, 0.15) is 32.1 Å². The van der Waals surface area contributed by atoms with E-state index in [1.807, 2.05) is 4.90 Å². The molecule has 0 saturated carbocycles. The summed E-state index contributed by atoms with van der Waals surface area (Å²) in [6, 6.07) is 0. The number of nitrogens with zero attached hydrogens (tertiary/aromatic N) is 2. The number of carbonyl (C=O) groups excluding carboxylic acids is 1. The summed E-state index contributed by atoms with van der Waals surface area (Å²) in [6.45, 7) is 5.38. The highest BCUT2D eigenvalue weighted by Gasteiger charge is 2.19. The first-order valence-electron chi connectivity index (χ1n) is 5.86. The van der Waals surface area contributed by atoms with Gasteiger partial charge in [0.05, 0.1) is 0 Å². The van der Waals surface area contributed by atoms with Crippen molar-refractivity contribution in [3.8, 4) is 0 Å². The lowest BCUT2D eigenvalue weighted by atomic mass is 10.3. The van der Waals surface area contributed by atoms with E-state index in [9.17, 15) is 4.79 Å². The summed E-state index contributed by atoms with van der Waals surface area (Å²) in [5, 5.41) is 0. The molecule has 0 radical (unpaired) electrons. The molecule has 0 bridgehead atoms. The van der Waals surface area contributed by atoms with Crippen molar-refractivity contribution in [3.05, 3.63) is 0 Å². The lowest BCUT2D eigenvalue weighted by Crippen LogP contribution is -2.31. The second-order valence-corrected chi connectivity index (χ2v) is 4.39. The van der Waals surface area contributed by atoms with Gasteiger partial charge in [-0.1, -0.05) is 0 Å². The third-order valence-electron chi connectivity index (χ3n) is 3.30. The van der Waals surface area contributed by atoms with Crippen LogP contribution in [0.4, 0.5) is 0 Å². The van der Waals surface area contributed by atoms with Crippen molar-refractivity contribution in [1.82, 2.24) is 9.80 Å². The lowest BCUT2D eigenvalue weighted by Gasteiger charge is -2.18. The number of rotatable bonds is 3. The van der Waals surface area contributed by atoms with Crippen molar-refractivity contribution in [2.24, 2.45) is 0 Å². The minimum absolute atomic E-state index is 0.370. The minimum Gasteiger partial charge on any atom is -0.343 e. The monoisotopic (exact) mass is 196 g/mol. The van der Waals surface area contributed by atoms with Crippen molar-refractivity contribution < 1.29 is 4.79 Å². The summed E-state index contributed by atoms with van der Waals surface area (Å²) in [7, 11) is 0. The van der Waals surface area contributed by atoms with Crippen LogP contribution in [0.25, 0.3) is 0 Å². The van der Waals surface area contributed by atoms with Crippen LogP contribution in [-0.2, 0) is 4.79 Å². The Labute approximate surface area is 86.1 Å². The van der Waals surface area contributed by atoms with Gasteiger partial charge in [0.15, 0.2) is 0 Å². The first-order valence-corrected chi connectivity index (χ1v) is 5.86. The molecule has 0 aromatic rings. The molecular formula is C11H20N2O. The van der Waals surface area contributed by atoms with Crippen LogP contribution in [0, 0.1) is 0 Å². The minimum atomic E-state index is 0.370. The van der Waals surface area contributed by atoms with Gasteiger partial charge >= 0.3 is 0 Å². The molecule has 2 aliphatic rings. The normalized spacial score (nSPS) is 23.3. The molecule has 0 atom stereocenters. The average Bonchev–Trinajstić information content (AvgIpc) is 2.87. The zero-order chi connectivity index (χ0) is 9.80. The second-order valence-electron chi connectivity index (χ2n) is 4.39. The summed E-state index contributed by atoms with van der Waals surface area (Å²) in [4.78, 5) is 16.1. The molecule has 3 heteroatoms. The maximum Gasteiger partial charge on any atom is 0.223 e. The maximum atomic E-state index is 11.7. The zero-order valence-corrected chi connectivity index (χ0v) is 8.87. The highest BCUT2D eigenvalue weighted by atomic mass is 16.2. The van der Waals surface area contributed by atoms with Crippen LogP contribution in [0.3, 0.4) is 0 Å². The molecule has 80 valence electrons. The quantitative estimate of drug-likeness (QED) is 0.674. The molecule has 0 spiro atoms. The Morgan fingerprint density at radius 1 is 0.929 bits per heavy atom. The molecule has 0 aliphatic carbocycles. The van der Waals surface area contributed by atoms with Crippen LogP contribution in [0.5, 0.6) is 0 Å². The molecule has 1 amide bonds. The summed E-state index contributed by atoms with van der Waals surface area (Å²) in [6.07, 6.45) is 5.78. The van der Waals surface area contributed by atoms with E-state index in [1.54, 1.807) is 0 Å². The van der Waals surface area contributed by atoms with Gasteiger partial charge in [-0.3, -0.25) is 4.79 Å². The molecule has 14 heavy (non-hydrogen) atoms. The first-order chi connectivity index (χ1) is 6.86. The summed E-state index contributed by atoms with van der Waals surface area (Å²) in [5.74, 6) is 0.370. The first kappa shape index (κ1) is 9.97. The Morgan fingerprint density at radius 2 is 1.50 bits per heavy atom. The lowest BCUT2D eigenvalue weighted by molar-refractivity contribution is -0.130. The van der Waals surface area contributed by atoms with E-state index in [-0.39, 0.29) is 0 Å². The fourth-order valence-corrected chi connectivity index (χ4v) is 2.38. The smallest absolute Gasteiger partial charge is 0.223 e. The largest absolute Gasteiger partial charge is 0.343 e. The van der Waals surface area contributed by atoms with E-state index in [0.29, 0.717) is 5.91 Å². The third-order valence-corrected chi connectivity index (χ3v) is 3.30. The van der Waals surface area contributed by atoms with Gasteiger partial charge in [-0.2, -0.15) is 0 Å². The molecule has 2 rings (SSSR count). The van der Waals surface area contributed by atoms with E-state index in [4.69, 9.17) is 0 Å². The Morgan fingerprint density at radius 3 is 2.14 bits per heavy atom. The van der Waals surface area contributed by atoms with Gasteiger partial charge in [-0.05, 0) is 38.8 Å². The maximum absolute atomic E-state index is 11.7. The van der Waals surface area contributed by atoms with Gasteiger partial charge in [0.2, 0.25) is 5.91 Å². The van der Waals surface area contributed by atoms with Crippen molar-refractivity contribution in [2.75, 3.05) is 32.7 Å². The average molecular weight is 196 g/mol. The Kier molecular flexibility index (Phi) is 3.40. The molecular weight excluding hydrogens is 176 g/mol. The molecule has 0 unspecified atom stereocenters. The summed E-state index contributed by atoms with van der Waals surface area (Å²) < 4.78 is 0. The van der Waals surface area contributed by atoms with Gasteiger partial charge in [-0.15, -0.1) is 0 Å². The topological polar surface area (TPSA) is 23.6 Å². The number of amides is 1. The molecule has 3 nitrogen and oxygen atoms in total. The third kappa shape index (κ3) is 2.47. The van der Waals surface area contributed by atoms with Gasteiger partial charge in [0.25, 0.3) is 0 Å². The summed E-state index contributed by atoms with van der Waals surface area (Å²) in [5.41, 5.74) is 0. The molecule has 2 saturated heterocycles. The highest BCUT2D eigenvalue weighted by Crippen LogP contribution is 2.11. The Hall–Kier alpha value is -0.570. The van der Waals surface area contributed by atoms with Crippen molar-refractivity contribution in [2.45, 2.75) is 32.1 Å². The van der Waals surface area contributed by atoms with Gasteiger partial charge in [-0.25, -0.2) is 0 Å². The standard InChI is InChI=1S/C11H20N2O/c14-11(13-8-3-4-9-13)5-10-12-6-1-2-7-12/h1-10H2. The highest BCUT2D eigenvalue weighted by molar-refractivity contribution is 5.76. The van der Waals surface area contributed by atoms with Gasteiger partial charge in [0, 0.05) is 26.1 Å². The van der Waals surface area contributed by atoms with Crippen molar-refractivity contribution >= 4 is 5.91 Å². The van der Waals surface area contributed by atoms with E-state index in [0.717, 1.165) is 26.1 Å². The van der Waals surface area contributed by atoms with Crippen LogP contribution >= 0.6 is 0 Å². The zero-order valence-electron chi connectivity index (χ0n) is 8.87. The van der Waals surface area contributed by atoms with Crippen LogP contribution in [0.2, 0.25) is 0 Å². The summed E-state index contributed by atoms with van der Waals surface area (Å²) >= 11 is 0. The fourth-order valence-electron chi connectivity index (χ4n) is 2.38. The molecule has 0 aromatic heterocycles. The van der Waals surface area contributed by atoms with Gasteiger partial charge < -0.3 is 9.80 Å². The second kappa shape index (κ2) is 4.78. The molecule has 2 aliphatic heterocycles. The van der Waals surface area contributed by atoms with Crippen molar-refractivity contribution in [3.63, 3.8) is 0 Å². The SMILES string of the molecule is O=C(CCN1CCCC1)N1CCCC1. The van der Waals surface area contributed by atoms with E-state index < -0.39 is 0 Å². The van der Waals surface area contributed by atoms with E-state index in [2.05, 4.69) is 4.90 Å². The molecule has 2 heterocycles. The van der Waals surface area contributed by atoms with Crippen LogP contribution < -0.4 is 0 Å². The predicted molar refractivity (Wildman–Crippen MR) is 56.1 cm³/mol. The van der Waals surface area contributed by atoms with E-state index >= 15 is 0 Å². The van der Waals surface area contributed by atoms with Crippen LogP contribution in [0.15, 0.2) is 0 Å². The number of hydrogen-bond acceptors (Lipinski definition) is 2. The Bertz CT molecular complexity index is 193. The number of carbonyl (C=O) groups is 1. The molecule has 0 N–H and O–H groups in total. The number of hydrogen-bond donors (Lipinski definition) is 0. The van der Waals surface area contributed by atoms with E-state index in [1.165, 1.54) is 38.8 Å². The molecule has 0 aromatic carbocycles.